The van der Waals surface area contributed by atoms with Gasteiger partial charge in [0.2, 0.25) is 5.91 Å². The van der Waals surface area contributed by atoms with Gasteiger partial charge in [0.05, 0.1) is 0 Å². The molecule has 1 aromatic rings. The molecule has 1 atom stereocenters. The summed E-state index contributed by atoms with van der Waals surface area (Å²) < 4.78 is 40.5. The molecule has 0 spiro atoms. The summed E-state index contributed by atoms with van der Waals surface area (Å²) in [6.45, 7) is 4.46. The van der Waals surface area contributed by atoms with Crippen LogP contribution in [0.2, 0.25) is 0 Å². The first-order valence-corrected chi connectivity index (χ1v) is 7.34. The van der Waals surface area contributed by atoms with Gasteiger partial charge in [-0.25, -0.2) is 4.79 Å². The topological polar surface area (TPSA) is 61.9 Å². The minimum absolute atomic E-state index is 0.0566. The molecule has 0 bridgehead atoms. The highest BCUT2D eigenvalue weighted by Gasteiger charge is 2.31. The molecule has 1 heterocycles. The highest BCUT2D eigenvalue weighted by Crippen LogP contribution is 2.25. The number of nitrogens with zero attached hydrogens (tertiary/aromatic N) is 2. The number of rotatable bonds is 2. The molecule has 24 heavy (non-hydrogen) atoms. The van der Waals surface area contributed by atoms with Crippen molar-refractivity contribution in [1.29, 1.82) is 0 Å². The van der Waals surface area contributed by atoms with E-state index in [4.69, 9.17) is 0 Å². The van der Waals surface area contributed by atoms with Crippen molar-refractivity contribution in [2.24, 2.45) is 0 Å². The van der Waals surface area contributed by atoms with Crippen molar-refractivity contribution < 1.29 is 27.5 Å². The van der Waals surface area contributed by atoms with Crippen molar-refractivity contribution in [3.05, 3.63) is 24.3 Å². The van der Waals surface area contributed by atoms with Gasteiger partial charge in [-0.3, -0.25) is 4.79 Å². The molecule has 1 N–H and O–H groups in total. The van der Waals surface area contributed by atoms with E-state index in [0.717, 1.165) is 12.1 Å². The van der Waals surface area contributed by atoms with Gasteiger partial charge in [0.15, 0.2) is 0 Å². The third-order valence-electron chi connectivity index (χ3n) is 3.65. The molecular formula is C15H18F3N3O3. The molecule has 0 saturated carbocycles. The number of hydrogen-bond donors (Lipinski definition) is 1. The lowest BCUT2D eigenvalue weighted by Gasteiger charge is -2.39. The zero-order chi connectivity index (χ0) is 17.9. The summed E-state index contributed by atoms with van der Waals surface area (Å²) in [7, 11) is 0. The smallest absolute Gasteiger partial charge is 0.406 e. The number of amides is 3. The van der Waals surface area contributed by atoms with Gasteiger partial charge < -0.3 is 19.9 Å². The molecule has 1 fully saturated rings. The third kappa shape index (κ3) is 4.77. The molecule has 1 aromatic carbocycles. The molecule has 1 saturated heterocycles. The largest absolute Gasteiger partial charge is 0.573 e. The second kappa shape index (κ2) is 6.98. The third-order valence-corrected chi connectivity index (χ3v) is 3.65. The van der Waals surface area contributed by atoms with Crippen LogP contribution in [0.5, 0.6) is 5.75 Å². The van der Waals surface area contributed by atoms with Crippen LogP contribution in [0.4, 0.5) is 23.7 Å². The number of carbonyl (C=O) groups excluding carboxylic acids is 2. The molecule has 2 rings (SSSR count). The second-order valence-electron chi connectivity index (χ2n) is 5.51. The molecule has 1 aliphatic heterocycles. The number of alkyl halides is 3. The minimum atomic E-state index is -4.79. The fraction of sp³-hybridized carbons (Fsp3) is 0.467. The first-order valence-electron chi connectivity index (χ1n) is 7.34. The van der Waals surface area contributed by atoms with E-state index in [1.807, 2.05) is 0 Å². The average molecular weight is 345 g/mol. The van der Waals surface area contributed by atoms with Gasteiger partial charge in [-0.05, 0) is 19.1 Å². The van der Waals surface area contributed by atoms with E-state index in [-0.39, 0.29) is 17.6 Å². The summed E-state index contributed by atoms with van der Waals surface area (Å²) in [5.74, 6) is -0.464. The Morgan fingerprint density at radius 3 is 2.58 bits per heavy atom. The molecule has 6 nitrogen and oxygen atoms in total. The number of urea groups is 1. The molecule has 0 unspecified atom stereocenters. The monoisotopic (exact) mass is 345 g/mol. The van der Waals surface area contributed by atoms with Crippen LogP contribution in [0.1, 0.15) is 13.8 Å². The number of benzene rings is 1. The Morgan fingerprint density at radius 1 is 1.29 bits per heavy atom. The summed E-state index contributed by atoms with van der Waals surface area (Å²) >= 11 is 0. The van der Waals surface area contributed by atoms with Crippen LogP contribution in [0.3, 0.4) is 0 Å². The SMILES string of the molecule is CC(=O)N1CCN(C(=O)Nc2cccc(OC(F)(F)F)c2)[C@@H](C)C1. The standard InChI is InChI=1S/C15H18F3N3O3/c1-10-9-20(11(2)22)6-7-21(10)14(23)19-12-4-3-5-13(8-12)24-15(16,17)18/h3-5,8,10H,6-7,9H2,1-2H3,(H,19,23)/t10-/m0/s1. The van der Waals surface area contributed by atoms with E-state index in [1.165, 1.54) is 24.0 Å². The van der Waals surface area contributed by atoms with Crippen molar-refractivity contribution in [1.82, 2.24) is 9.80 Å². The van der Waals surface area contributed by atoms with E-state index < -0.39 is 18.1 Å². The second-order valence-corrected chi connectivity index (χ2v) is 5.51. The predicted molar refractivity (Wildman–Crippen MR) is 80.6 cm³/mol. The Kier molecular flexibility index (Phi) is 5.20. The van der Waals surface area contributed by atoms with Crippen LogP contribution in [0, 0.1) is 0 Å². The maximum absolute atomic E-state index is 12.3. The van der Waals surface area contributed by atoms with Gasteiger partial charge >= 0.3 is 12.4 Å². The quantitative estimate of drug-likeness (QED) is 0.896. The molecule has 132 valence electrons. The van der Waals surface area contributed by atoms with E-state index in [1.54, 1.807) is 11.8 Å². The molecule has 0 radical (unpaired) electrons. The van der Waals surface area contributed by atoms with Crippen molar-refractivity contribution in [3.8, 4) is 5.75 Å². The van der Waals surface area contributed by atoms with Crippen LogP contribution >= 0.6 is 0 Å². The van der Waals surface area contributed by atoms with Crippen molar-refractivity contribution in [2.45, 2.75) is 26.3 Å². The van der Waals surface area contributed by atoms with Gasteiger partial charge in [0.1, 0.15) is 5.75 Å². The number of ether oxygens (including phenoxy) is 1. The Bertz CT molecular complexity index is 621. The van der Waals surface area contributed by atoms with Gasteiger partial charge in [-0.2, -0.15) is 0 Å². The van der Waals surface area contributed by atoms with Crippen LogP contribution in [-0.4, -0.2) is 53.8 Å². The summed E-state index contributed by atoms with van der Waals surface area (Å²) in [4.78, 5) is 26.8. The van der Waals surface area contributed by atoms with Crippen molar-refractivity contribution in [3.63, 3.8) is 0 Å². The van der Waals surface area contributed by atoms with Crippen LogP contribution in [0.15, 0.2) is 24.3 Å². The van der Waals surface area contributed by atoms with Crippen molar-refractivity contribution in [2.75, 3.05) is 25.0 Å². The van der Waals surface area contributed by atoms with E-state index in [0.29, 0.717) is 19.6 Å². The molecular weight excluding hydrogens is 327 g/mol. The first kappa shape index (κ1) is 17.9. The number of carbonyl (C=O) groups is 2. The van der Waals surface area contributed by atoms with Crippen LogP contribution in [0.25, 0.3) is 0 Å². The van der Waals surface area contributed by atoms with Crippen molar-refractivity contribution >= 4 is 17.6 Å². The number of nitrogens with one attached hydrogen (secondary N) is 1. The van der Waals surface area contributed by atoms with Gasteiger partial charge in [-0.1, -0.05) is 6.07 Å². The minimum Gasteiger partial charge on any atom is -0.406 e. The highest BCUT2D eigenvalue weighted by atomic mass is 19.4. The highest BCUT2D eigenvalue weighted by molar-refractivity contribution is 5.90. The van der Waals surface area contributed by atoms with Gasteiger partial charge in [0.25, 0.3) is 0 Å². The zero-order valence-corrected chi connectivity index (χ0v) is 13.3. The van der Waals surface area contributed by atoms with E-state index in [2.05, 4.69) is 10.1 Å². The Balaban J connectivity index is 2.00. The van der Waals surface area contributed by atoms with Crippen LogP contribution in [-0.2, 0) is 4.79 Å². The molecule has 3 amide bonds. The summed E-state index contributed by atoms with van der Waals surface area (Å²) in [5, 5.41) is 2.55. The Hall–Kier alpha value is -2.45. The van der Waals surface area contributed by atoms with Gasteiger partial charge in [0, 0.05) is 44.4 Å². The first-order chi connectivity index (χ1) is 11.2. The lowest BCUT2D eigenvalue weighted by Crippen LogP contribution is -2.56. The van der Waals surface area contributed by atoms with E-state index >= 15 is 0 Å². The average Bonchev–Trinajstić information content (AvgIpc) is 2.45. The predicted octanol–water partition coefficient (Wildman–Crippen LogP) is 2.67. The lowest BCUT2D eigenvalue weighted by atomic mass is 10.2. The normalized spacial score (nSPS) is 18.3. The van der Waals surface area contributed by atoms with Gasteiger partial charge in [-0.15, -0.1) is 13.2 Å². The summed E-state index contributed by atoms with van der Waals surface area (Å²) in [5.41, 5.74) is 0.197. The lowest BCUT2D eigenvalue weighted by molar-refractivity contribution is -0.274. The molecule has 0 aromatic heterocycles. The molecule has 9 heteroatoms. The fourth-order valence-corrected chi connectivity index (χ4v) is 2.51. The number of anilines is 1. The maximum Gasteiger partial charge on any atom is 0.573 e. The summed E-state index contributed by atoms with van der Waals surface area (Å²) in [6, 6.07) is 4.44. The van der Waals surface area contributed by atoms with E-state index in [9.17, 15) is 22.8 Å². The molecule has 0 aliphatic carbocycles. The fourth-order valence-electron chi connectivity index (χ4n) is 2.51. The zero-order valence-electron chi connectivity index (χ0n) is 13.3. The Morgan fingerprint density at radius 2 is 2.00 bits per heavy atom. The number of piperazine rings is 1. The maximum atomic E-state index is 12.3. The number of halogens is 3. The Labute approximate surface area is 137 Å². The number of hydrogen-bond acceptors (Lipinski definition) is 3. The van der Waals surface area contributed by atoms with Crippen LogP contribution < -0.4 is 10.1 Å². The molecule has 1 aliphatic rings. The summed E-state index contributed by atoms with van der Waals surface area (Å²) in [6.07, 6.45) is -4.79.